The fourth-order valence-corrected chi connectivity index (χ4v) is 1.97. The van der Waals surface area contributed by atoms with E-state index in [1.165, 1.54) is 6.92 Å². The Morgan fingerprint density at radius 3 is 2.41 bits per heavy atom. The van der Waals surface area contributed by atoms with E-state index in [2.05, 4.69) is 5.32 Å². The van der Waals surface area contributed by atoms with Gasteiger partial charge in [-0.05, 0) is 19.8 Å². The van der Waals surface area contributed by atoms with Crippen LogP contribution in [0.25, 0.3) is 0 Å². The van der Waals surface area contributed by atoms with Crippen molar-refractivity contribution in [2.24, 2.45) is 11.1 Å². The quantitative estimate of drug-likeness (QED) is 0.501. The van der Waals surface area contributed by atoms with Gasteiger partial charge in [0.25, 0.3) is 0 Å². The lowest BCUT2D eigenvalue weighted by molar-refractivity contribution is -0.143. The summed E-state index contributed by atoms with van der Waals surface area (Å²) in [6, 6.07) is 0. The van der Waals surface area contributed by atoms with Gasteiger partial charge in [0.2, 0.25) is 5.91 Å². The second-order valence-corrected chi connectivity index (χ2v) is 5.09. The molecular weight excluding hydrogens is 224 g/mol. The Balaban J connectivity index is 2.45. The molecule has 6 nitrogen and oxygen atoms in total. The molecule has 1 saturated carbocycles. The minimum atomic E-state index is -1.43. The molecule has 0 aromatic heterocycles. The van der Waals surface area contributed by atoms with E-state index < -0.39 is 23.4 Å². The van der Waals surface area contributed by atoms with Gasteiger partial charge in [-0.25, -0.2) is 0 Å². The molecule has 0 aromatic rings. The third-order valence-electron chi connectivity index (χ3n) is 3.34. The van der Waals surface area contributed by atoms with Crippen LogP contribution in [-0.4, -0.2) is 40.8 Å². The summed E-state index contributed by atoms with van der Waals surface area (Å²) in [5.41, 5.74) is 3.64. The Hall–Kier alpha value is -1.14. The van der Waals surface area contributed by atoms with Crippen molar-refractivity contribution in [3.05, 3.63) is 0 Å². The van der Waals surface area contributed by atoms with Crippen LogP contribution in [-0.2, 0) is 9.59 Å². The number of aliphatic hydroxyl groups is 1. The van der Waals surface area contributed by atoms with Crippen molar-refractivity contribution in [1.82, 2.24) is 5.32 Å². The highest BCUT2D eigenvalue weighted by molar-refractivity contribution is 5.84. The molecule has 17 heavy (non-hydrogen) atoms. The van der Waals surface area contributed by atoms with Crippen molar-refractivity contribution in [2.45, 2.75) is 38.2 Å². The molecule has 1 unspecified atom stereocenters. The Morgan fingerprint density at radius 2 is 2.06 bits per heavy atom. The smallest absolute Gasteiger partial charge is 0.306 e. The average molecular weight is 244 g/mol. The highest BCUT2D eigenvalue weighted by Crippen LogP contribution is 2.40. The number of rotatable bonds is 6. The lowest BCUT2D eigenvalue weighted by atomic mass is 9.68. The van der Waals surface area contributed by atoms with Crippen molar-refractivity contribution in [1.29, 1.82) is 0 Å². The molecule has 0 radical (unpaired) electrons. The summed E-state index contributed by atoms with van der Waals surface area (Å²) in [5.74, 6) is -1.28. The van der Waals surface area contributed by atoms with Crippen LogP contribution in [0.2, 0.25) is 0 Å². The van der Waals surface area contributed by atoms with Crippen LogP contribution in [0.4, 0.5) is 0 Å². The predicted octanol–water partition coefficient (Wildman–Crippen LogP) is -0.543. The molecule has 1 atom stereocenters. The molecule has 1 rings (SSSR count). The first-order valence-corrected chi connectivity index (χ1v) is 5.74. The summed E-state index contributed by atoms with van der Waals surface area (Å²) in [6.07, 6.45) is 2.10. The lowest BCUT2D eigenvalue weighted by Gasteiger charge is -2.39. The van der Waals surface area contributed by atoms with E-state index in [0.717, 1.165) is 19.3 Å². The monoisotopic (exact) mass is 244 g/mol. The van der Waals surface area contributed by atoms with Gasteiger partial charge in [-0.3, -0.25) is 9.59 Å². The number of carbonyl (C=O) groups is 2. The van der Waals surface area contributed by atoms with Gasteiger partial charge in [-0.15, -0.1) is 0 Å². The topological polar surface area (TPSA) is 113 Å². The first-order chi connectivity index (χ1) is 7.81. The summed E-state index contributed by atoms with van der Waals surface area (Å²) in [5, 5.41) is 20.9. The van der Waals surface area contributed by atoms with Crippen molar-refractivity contribution in [3.63, 3.8) is 0 Å². The second kappa shape index (κ2) is 5.01. The van der Waals surface area contributed by atoms with Gasteiger partial charge in [-0.1, -0.05) is 6.42 Å². The molecule has 0 saturated heterocycles. The Kier molecular flexibility index (Phi) is 4.11. The Morgan fingerprint density at radius 1 is 1.47 bits per heavy atom. The standard InChI is InChI=1S/C11H20N2O4/c1-10(17,5-8(14)15)7-13-9(16)11(6-12)3-2-4-11/h17H,2-7,12H2,1H3,(H,13,16)(H,14,15). The molecular formula is C11H20N2O4. The summed E-state index contributed by atoms with van der Waals surface area (Å²) in [4.78, 5) is 22.3. The fourth-order valence-electron chi connectivity index (χ4n) is 1.97. The highest BCUT2D eigenvalue weighted by Gasteiger charge is 2.43. The van der Waals surface area contributed by atoms with Crippen molar-refractivity contribution >= 4 is 11.9 Å². The van der Waals surface area contributed by atoms with E-state index >= 15 is 0 Å². The van der Waals surface area contributed by atoms with Crippen molar-refractivity contribution in [2.75, 3.05) is 13.1 Å². The molecule has 0 heterocycles. The van der Waals surface area contributed by atoms with Gasteiger partial charge in [0.1, 0.15) is 0 Å². The number of carboxylic acids is 1. The SMILES string of the molecule is CC(O)(CNC(=O)C1(CN)CCC1)CC(=O)O. The fraction of sp³-hybridized carbons (Fsp3) is 0.818. The summed E-state index contributed by atoms with van der Waals surface area (Å²) < 4.78 is 0. The number of amides is 1. The van der Waals surface area contributed by atoms with Crippen LogP contribution in [0.5, 0.6) is 0 Å². The van der Waals surface area contributed by atoms with Gasteiger partial charge in [0, 0.05) is 13.1 Å². The number of hydrogen-bond acceptors (Lipinski definition) is 4. The molecule has 0 spiro atoms. The minimum Gasteiger partial charge on any atom is -0.481 e. The molecule has 98 valence electrons. The maximum Gasteiger partial charge on any atom is 0.306 e. The predicted molar refractivity (Wildman–Crippen MR) is 61.2 cm³/mol. The molecule has 0 aromatic carbocycles. The van der Waals surface area contributed by atoms with Crippen LogP contribution < -0.4 is 11.1 Å². The number of hydrogen-bond donors (Lipinski definition) is 4. The largest absolute Gasteiger partial charge is 0.481 e. The van der Waals surface area contributed by atoms with Crippen LogP contribution in [0.15, 0.2) is 0 Å². The molecule has 0 bridgehead atoms. The van der Waals surface area contributed by atoms with Gasteiger partial charge in [0.15, 0.2) is 0 Å². The summed E-state index contributed by atoms with van der Waals surface area (Å²) >= 11 is 0. The van der Waals surface area contributed by atoms with Crippen LogP contribution in [0, 0.1) is 5.41 Å². The number of carboxylic acid groups (broad SMARTS) is 1. The van der Waals surface area contributed by atoms with E-state index in [0.29, 0.717) is 6.54 Å². The number of carbonyl (C=O) groups excluding carboxylic acids is 1. The minimum absolute atomic E-state index is 0.0696. The van der Waals surface area contributed by atoms with Crippen LogP contribution >= 0.6 is 0 Å². The molecule has 0 aliphatic heterocycles. The third kappa shape index (κ3) is 3.41. The lowest BCUT2D eigenvalue weighted by Crippen LogP contribution is -2.53. The number of nitrogens with one attached hydrogen (secondary N) is 1. The highest BCUT2D eigenvalue weighted by atomic mass is 16.4. The van der Waals surface area contributed by atoms with Gasteiger partial charge < -0.3 is 21.3 Å². The van der Waals surface area contributed by atoms with Gasteiger partial charge >= 0.3 is 5.97 Å². The maximum atomic E-state index is 11.9. The Bertz CT molecular complexity index is 305. The van der Waals surface area contributed by atoms with Gasteiger partial charge in [0.05, 0.1) is 17.4 Å². The van der Waals surface area contributed by atoms with E-state index in [1.807, 2.05) is 0 Å². The van der Waals surface area contributed by atoms with Crippen LogP contribution in [0.3, 0.4) is 0 Å². The van der Waals surface area contributed by atoms with Crippen molar-refractivity contribution in [3.8, 4) is 0 Å². The zero-order valence-electron chi connectivity index (χ0n) is 10.0. The maximum absolute atomic E-state index is 11.9. The number of aliphatic carboxylic acids is 1. The van der Waals surface area contributed by atoms with Crippen molar-refractivity contribution < 1.29 is 19.8 Å². The first kappa shape index (κ1) is 13.9. The van der Waals surface area contributed by atoms with E-state index in [9.17, 15) is 14.7 Å². The zero-order chi connectivity index (χ0) is 13.1. The van der Waals surface area contributed by atoms with Gasteiger partial charge in [-0.2, -0.15) is 0 Å². The molecule has 6 heteroatoms. The molecule has 1 amide bonds. The first-order valence-electron chi connectivity index (χ1n) is 5.74. The summed E-state index contributed by atoms with van der Waals surface area (Å²) in [6.45, 7) is 1.61. The average Bonchev–Trinajstić information content (AvgIpc) is 2.12. The van der Waals surface area contributed by atoms with E-state index in [1.54, 1.807) is 0 Å². The molecule has 1 aliphatic carbocycles. The Labute approximate surface area is 100 Å². The van der Waals surface area contributed by atoms with E-state index in [4.69, 9.17) is 10.8 Å². The molecule has 1 aliphatic rings. The molecule has 1 fully saturated rings. The molecule has 5 N–H and O–H groups in total. The summed E-state index contributed by atoms with van der Waals surface area (Å²) in [7, 11) is 0. The second-order valence-electron chi connectivity index (χ2n) is 5.09. The number of nitrogens with two attached hydrogens (primary N) is 1. The van der Waals surface area contributed by atoms with Crippen LogP contribution in [0.1, 0.15) is 32.6 Å². The zero-order valence-corrected chi connectivity index (χ0v) is 10.0. The third-order valence-corrected chi connectivity index (χ3v) is 3.34. The van der Waals surface area contributed by atoms with E-state index in [-0.39, 0.29) is 12.5 Å². The normalized spacial score (nSPS) is 21.1.